The maximum Gasteiger partial charge on any atom is 0.415 e. The first-order chi connectivity index (χ1) is 21.9. The van der Waals surface area contributed by atoms with Gasteiger partial charge >= 0.3 is 6.09 Å². The van der Waals surface area contributed by atoms with Crippen molar-refractivity contribution in [1.82, 2.24) is 15.2 Å². The average Bonchev–Trinajstić information content (AvgIpc) is 3.28. The second-order valence-corrected chi connectivity index (χ2v) is 13.7. The summed E-state index contributed by atoms with van der Waals surface area (Å²) in [5.74, 6) is 1.78. The lowest BCUT2D eigenvalue weighted by molar-refractivity contribution is -0.0333. The van der Waals surface area contributed by atoms with E-state index in [0.717, 1.165) is 44.0 Å². The van der Waals surface area contributed by atoms with Crippen LogP contribution in [-0.4, -0.2) is 101 Å². The monoisotopic (exact) mass is 636 g/mol. The van der Waals surface area contributed by atoms with Crippen molar-refractivity contribution in [3.05, 3.63) is 53.6 Å². The Morgan fingerprint density at radius 1 is 1.15 bits per heavy atom. The quantitative estimate of drug-likeness (QED) is 0.278. The second kappa shape index (κ2) is 13.8. The molecule has 0 saturated carbocycles. The molecule has 11 nitrogen and oxygen atoms in total. The maximum absolute atomic E-state index is 15.2. The number of likely N-dealkylation sites (N-methyl/N-ethyl adjacent to an activating group) is 1. The number of aliphatic imine (C=N–C) groups is 1. The van der Waals surface area contributed by atoms with E-state index in [9.17, 15) is 4.79 Å². The summed E-state index contributed by atoms with van der Waals surface area (Å²) >= 11 is 0. The number of carbonyl (C=O) groups is 1. The van der Waals surface area contributed by atoms with Gasteiger partial charge in [0.15, 0.2) is 0 Å². The van der Waals surface area contributed by atoms with Gasteiger partial charge in [-0.25, -0.2) is 14.2 Å². The summed E-state index contributed by atoms with van der Waals surface area (Å²) in [4.78, 5) is 30.1. The molecular formula is C34H49FN8O3. The molecule has 4 heterocycles. The minimum Gasteiger partial charge on any atom is -0.449 e. The number of cyclic esters (lactones) is 1. The van der Waals surface area contributed by atoms with Gasteiger partial charge in [0, 0.05) is 75.1 Å². The zero-order chi connectivity index (χ0) is 33.1. The Kier molecular flexibility index (Phi) is 10.1. The number of hydrogen-bond donors (Lipinski definition) is 2. The van der Waals surface area contributed by atoms with E-state index in [4.69, 9.17) is 14.5 Å². The third-order valence-electron chi connectivity index (χ3n) is 8.75. The lowest BCUT2D eigenvalue weighted by atomic mass is 9.85. The van der Waals surface area contributed by atoms with E-state index in [2.05, 4.69) is 44.3 Å². The van der Waals surface area contributed by atoms with E-state index in [1.807, 2.05) is 64.2 Å². The predicted molar refractivity (Wildman–Crippen MR) is 182 cm³/mol. The number of hydrogen-bond acceptors (Lipinski definition) is 10. The van der Waals surface area contributed by atoms with Crippen LogP contribution in [0, 0.1) is 11.2 Å². The van der Waals surface area contributed by atoms with Crippen LogP contribution in [-0.2, 0) is 9.47 Å². The van der Waals surface area contributed by atoms with Crippen molar-refractivity contribution < 1.29 is 18.7 Å². The molecule has 12 heteroatoms. The molecule has 5 rings (SSSR count). The predicted octanol–water partition coefficient (Wildman–Crippen LogP) is 4.92. The van der Waals surface area contributed by atoms with Crippen molar-refractivity contribution in [3.63, 3.8) is 0 Å². The number of aromatic nitrogens is 1. The Labute approximate surface area is 272 Å². The summed E-state index contributed by atoms with van der Waals surface area (Å²) in [5.41, 5.74) is 1.51. The van der Waals surface area contributed by atoms with E-state index in [-0.39, 0.29) is 17.5 Å². The maximum atomic E-state index is 15.2. The van der Waals surface area contributed by atoms with Crippen LogP contribution in [0.4, 0.5) is 32.2 Å². The lowest BCUT2D eigenvalue weighted by Gasteiger charge is -2.34. The SMILES string of the molecule is CN=CC1=C(NCNc2ccc(N3CCN(C)CC3)c(F)c2)N(c2cccc(N3C(=O)OCCC3C)n2)CC1(C)COC(C)(C)C. The summed E-state index contributed by atoms with van der Waals surface area (Å²) in [6.07, 6.45) is 2.21. The number of piperazine rings is 1. The number of anilines is 4. The lowest BCUT2D eigenvalue weighted by Crippen LogP contribution is -2.45. The Hall–Kier alpha value is -3.90. The van der Waals surface area contributed by atoms with Crippen LogP contribution < -0.4 is 25.3 Å². The highest BCUT2D eigenvalue weighted by Gasteiger charge is 2.43. The molecule has 1 amide bonds. The number of amides is 1. The van der Waals surface area contributed by atoms with Crippen molar-refractivity contribution in [2.45, 2.75) is 52.7 Å². The molecule has 1 aromatic heterocycles. The number of halogens is 1. The second-order valence-electron chi connectivity index (χ2n) is 13.7. The van der Waals surface area contributed by atoms with Gasteiger partial charge in [-0.05, 0) is 65.1 Å². The van der Waals surface area contributed by atoms with Crippen molar-refractivity contribution in [3.8, 4) is 0 Å². The van der Waals surface area contributed by atoms with E-state index in [1.165, 1.54) is 0 Å². The average molecular weight is 637 g/mol. The van der Waals surface area contributed by atoms with Crippen LogP contribution in [0.15, 0.2) is 52.8 Å². The van der Waals surface area contributed by atoms with Crippen LogP contribution >= 0.6 is 0 Å². The molecule has 2 saturated heterocycles. The van der Waals surface area contributed by atoms with E-state index >= 15 is 4.39 Å². The van der Waals surface area contributed by atoms with Crippen molar-refractivity contribution in [2.24, 2.45) is 10.4 Å². The topological polar surface area (TPSA) is 97.8 Å². The van der Waals surface area contributed by atoms with Gasteiger partial charge in [0.25, 0.3) is 0 Å². The van der Waals surface area contributed by atoms with Gasteiger partial charge in [-0.3, -0.25) is 9.89 Å². The van der Waals surface area contributed by atoms with Crippen LogP contribution in [0.2, 0.25) is 0 Å². The van der Waals surface area contributed by atoms with Crippen LogP contribution in [0.3, 0.4) is 0 Å². The molecule has 1 aromatic carbocycles. The van der Waals surface area contributed by atoms with Crippen LogP contribution in [0.1, 0.15) is 41.0 Å². The molecule has 2 aromatic rings. The van der Waals surface area contributed by atoms with Gasteiger partial charge in [0.05, 0.1) is 31.2 Å². The largest absolute Gasteiger partial charge is 0.449 e. The standard InChI is InChI=1S/C34H49FN8O3/c1-24-13-18-45-32(44)43(24)30-10-8-9-29(39-30)42-21-34(5,22-46-33(2,3)4)26(20-36-6)31(42)38-23-37-25-11-12-28(27(35)19-25)41-16-14-40(7)15-17-41/h8-12,19-20,24,37-38H,13-18,21-23H2,1-7H3. The molecule has 46 heavy (non-hydrogen) atoms. The smallest absolute Gasteiger partial charge is 0.415 e. The Balaban J connectivity index is 1.40. The molecule has 3 aliphatic heterocycles. The highest BCUT2D eigenvalue weighted by Crippen LogP contribution is 2.41. The number of nitrogens with one attached hydrogen (secondary N) is 2. The van der Waals surface area contributed by atoms with E-state index in [0.29, 0.717) is 49.4 Å². The molecule has 0 aliphatic carbocycles. The zero-order valence-corrected chi connectivity index (χ0v) is 28.3. The minimum atomic E-state index is -0.430. The summed E-state index contributed by atoms with van der Waals surface area (Å²) in [5, 5.41) is 6.89. The first-order valence-electron chi connectivity index (χ1n) is 16.1. The van der Waals surface area contributed by atoms with Gasteiger partial charge in [0.1, 0.15) is 23.3 Å². The Bertz CT molecular complexity index is 1450. The molecule has 250 valence electrons. The molecule has 0 bridgehead atoms. The van der Waals surface area contributed by atoms with Crippen LogP contribution in [0.5, 0.6) is 0 Å². The van der Waals surface area contributed by atoms with Gasteiger partial charge in [0.2, 0.25) is 0 Å². The molecule has 0 radical (unpaired) electrons. The molecular weight excluding hydrogens is 587 g/mol. The van der Waals surface area contributed by atoms with Crippen molar-refractivity contribution >= 4 is 35.3 Å². The van der Waals surface area contributed by atoms with E-state index < -0.39 is 11.5 Å². The first kappa shape index (κ1) is 33.5. The highest BCUT2D eigenvalue weighted by molar-refractivity contribution is 5.88. The fourth-order valence-corrected chi connectivity index (χ4v) is 6.04. The van der Waals surface area contributed by atoms with Crippen LogP contribution in [0.25, 0.3) is 0 Å². The number of rotatable bonds is 10. The van der Waals surface area contributed by atoms with E-state index in [1.54, 1.807) is 18.0 Å². The summed E-state index contributed by atoms with van der Waals surface area (Å²) in [6, 6.07) is 11.0. The van der Waals surface area contributed by atoms with Crippen molar-refractivity contribution in [1.29, 1.82) is 0 Å². The Morgan fingerprint density at radius 3 is 2.57 bits per heavy atom. The fourth-order valence-electron chi connectivity index (χ4n) is 6.04. The van der Waals surface area contributed by atoms with Gasteiger partial charge in [-0.1, -0.05) is 13.0 Å². The normalized spacial score (nSPS) is 23.0. The summed E-state index contributed by atoms with van der Waals surface area (Å²) < 4.78 is 26.9. The van der Waals surface area contributed by atoms with Gasteiger partial charge in [-0.15, -0.1) is 0 Å². The number of pyridine rings is 1. The molecule has 0 spiro atoms. The molecule has 3 aliphatic rings. The molecule has 2 N–H and O–H groups in total. The van der Waals surface area contributed by atoms with Crippen molar-refractivity contribution in [2.75, 3.05) is 86.7 Å². The molecule has 2 unspecified atom stereocenters. The van der Waals surface area contributed by atoms with Gasteiger partial charge < -0.3 is 34.8 Å². The number of nitrogens with zero attached hydrogens (tertiary/aromatic N) is 6. The van der Waals surface area contributed by atoms with Gasteiger partial charge in [-0.2, -0.15) is 0 Å². The molecule has 2 atom stereocenters. The number of ether oxygens (including phenoxy) is 2. The highest BCUT2D eigenvalue weighted by atomic mass is 19.1. The third kappa shape index (κ3) is 7.55. The fraction of sp³-hybridized carbons (Fsp3) is 0.559. The number of benzene rings is 1. The summed E-state index contributed by atoms with van der Waals surface area (Å²) in [7, 11) is 3.84. The minimum absolute atomic E-state index is 0.0313. The number of carbonyl (C=O) groups excluding carboxylic acids is 1. The summed E-state index contributed by atoms with van der Waals surface area (Å²) in [6.45, 7) is 15.5. The zero-order valence-electron chi connectivity index (χ0n) is 28.3. The first-order valence-corrected chi connectivity index (χ1v) is 16.1. The Morgan fingerprint density at radius 2 is 1.89 bits per heavy atom. The third-order valence-corrected chi connectivity index (χ3v) is 8.75. The molecule has 2 fully saturated rings.